The monoisotopic (exact) mass is 409 g/mol. The molecular weight excluding hydrogens is 374 g/mol. The lowest BCUT2D eigenvalue weighted by atomic mass is 9.87. The molecule has 5 nitrogen and oxygen atoms in total. The minimum absolute atomic E-state index is 0.0601. The maximum Gasteiger partial charge on any atom is 0.257 e. The number of nitrogens with one attached hydrogen (secondary N) is 1. The number of rotatable bonds is 8. The van der Waals surface area contributed by atoms with E-state index in [1.165, 1.54) is 11.3 Å². The van der Waals surface area contributed by atoms with Crippen LogP contribution in [0, 0.1) is 0 Å². The number of hydrogen-bond acceptors (Lipinski definition) is 4. The van der Waals surface area contributed by atoms with Gasteiger partial charge in [-0.2, -0.15) is 0 Å². The number of carbonyl (C=O) groups excluding carboxylic acids is 1. The zero-order chi connectivity index (χ0) is 21.4. The van der Waals surface area contributed by atoms with Crippen LogP contribution in [0.4, 0.5) is 5.69 Å². The molecule has 1 fully saturated rings. The predicted molar refractivity (Wildman–Crippen MR) is 123 cm³/mol. The Morgan fingerprint density at radius 3 is 2.27 bits per heavy atom. The fraction of sp³-hybridized carbons (Fsp3) is 0.480. The van der Waals surface area contributed by atoms with Gasteiger partial charge in [0.15, 0.2) is 6.61 Å². The van der Waals surface area contributed by atoms with Crippen molar-refractivity contribution in [2.24, 2.45) is 0 Å². The second-order valence-corrected chi connectivity index (χ2v) is 8.93. The summed E-state index contributed by atoms with van der Waals surface area (Å²) in [6.07, 6.45) is 0.956. The Balaban J connectivity index is 1.27. The first-order valence-electron chi connectivity index (χ1n) is 10.9. The lowest BCUT2D eigenvalue weighted by Crippen LogP contribution is -2.47. The maximum absolute atomic E-state index is 12.0. The van der Waals surface area contributed by atoms with Crippen molar-refractivity contribution in [3.05, 3.63) is 60.2 Å². The van der Waals surface area contributed by atoms with E-state index in [9.17, 15) is 4.79 Å². The first kappa shape index (κ1) is 22.2. The molecule has 1 N–H and O–H groups in total. The summed E-state index contributed by atoms with van der Waals surface area (Å²) >= 11 is 0. The van der Waals surface area contributed by atoms with E-state index in [1.54, 1.807) is 0 Å². The van der Waals surface area contributed by atoms with E-state index in [0.29, 0.717) is 6.54 Å². The molecule has 2 aromatic carbocycles. The molecule has 162 valence electrons. The van der Waals surface area contributed by atoms with Crippen LogP contribution < -0.4 is 15.0 Å². The molecule has 2 aromatic rings. The number of nitrogens with zero attached hydrogens (tertiary/aromatic N) is 2. The number of para-hydroxylation sites is 1. The first-order valence-corrected chi connectivity index (χ1v) is 10.9. The van der Waals surface area contributed by atoms with Crippen molar-refractivity contribution in [1.82, 2.24) is 10.2 Å². The number of piperazine rings is 1. The average molecular weight is 410 g/mol. The number of ether oxygens (including phenoxy) is 1. The largest absolute Gasteiger partial charge is 0.484 e. The third kappa shape index (κ3) is 6.77. The lowest BCUT2D eigenvalue weighted by Gasteiger charge is -2.36. The summed E-state index contributed by atoms with van der Waals surface area (Å²) in [7, 11) is 0. The van der Waals surface area contributed by atoms with Crippen LogP contribution in [-0.2, 0) is 10.2 Å². The van der Waals surface area contributed by atoms with Crippen LogP contribution >= 0.6 is 0 Å². The molecule has 0 aromatic heterocycles. The normalized spacial score (nSPS) is 15.1. The van der Waals surface area contributed by atoms with Crippen molar-refractivity contribution in [1.29, 1.82) is 0 Å². The van der Waals surface area contributed by atoms with Gasteiger partial charge in [0, 0.05) is 38.4 Å². The smallest absolute Gasteiger partial charge is 0.257 e. The fourth-order valence-corrected chi connectivity index (χ4v) is 3.65. The molecule has 0 spiro atoms. The Hall–Kier alpha value is -2.53. The van der Waals surface area contributed by atoms with Gasteiger partial charge in [-0.15, -0.1) is 0 Å². The molecule has 1 amide bonds. The van der Waals surface area contributed by atoms with Gasteiger partial charge in [-0.3, -0.25) is 9.69 Å². The summed E-state index contributed by atoms with van der Waals surface area (Å²) in [5.41, 5.74) is 2.67. The van der Waals surface area contributed by atoms with Crippen molar-refractivity contribution in [3.63, 3.8) is 0 Å². The highest BCUT2D eigenvalue weighted by atomic mass is 16.5. The van der Waals surface area contributed by atoms with E-state index < -0.39 is 0 Å². The minimum Gasteiger partial charge on any atom is -0.484 e. The molecule has 1 heterocycles. The number of hydrogen-bond donors (Lipinski definition) is 1. The summed E-state index contributed by atoms with van der Waals surface area (Å²) in [6.45, 7) is 12.5. The van der Waals surface area contributed by atoms with Crippen LogP contribution in [0.1, 0.15) is 32.8 Å². The highest BCUT2D eigenvalue weighted by Gasteiger charge is 2.16. The number of anilines is 1. The Kier molecular flexibility index (Phi) is 7.75. The number of benzene rings is 2. The van der Waals surface area contributed by atoms with Gasteiger partial charge in [-0.1, -0.05) is 51.1 Å². The van der Waals surface area contributed by atoms with Crippen LogP contribution in [-0.4, -0.2) is 56.7 Å². The molecule has 0 unspecified atom stereocenters. The van der Waals surface area contributed by atoms with E-state index in [4.69, 9.17) is 4.74 Å². The van der Waals surface area contributed by atoms with E-state index in [1.807, 2.05) is 12.1 Å². The van der Waals surface area contributed by atoms with Gasteiger partial charge in [0.2, 0.25) is 0 Å². The lowest BCUT2D eigenvalue weighted by molar-refractivity contribution is -0.123. The van der Waals surface area contributed by atoms with Crippen LogP contribution in [0.3, 0.4) is 0 Å². The quantitative estimate of drug-likeness (QED) is 0.676. The molecule has 0 radical (unpaired) electrons. The van der Waals surface area contributed by atoms with Gasteiger partial charge in [0.25, 0.3) is 5.91 Å². The summed E-state index contributed by atoms with van der Waals surface area (Å²) < 4.78 is 5.61. The molecule has 0 atom stereocenters. The number of carbonyl (C=O) groups is 1. The highest BCUT2D eigenvalue weighted by Crippen LogP contribution is 2.24. The summed E-state index contributed by atoms with van der Waals surface area (Å²) in [6, 6.07) is 18.6. The second kappa shape index (κ2) is 10.5. The Morgan fingerprint density at radius 1 is 0.967 bits per heavy atom. The summed E-state index contributed by atoms with van der Waals surface area (Å²) in [4.78, 5) is 16.9. The van der Waals surface area contributed by atoms with Gasteiger partial charge in [0.1, 0.15) is 5.75 Å². The van der Waals surface area contributed by atoms with Crippen LogP contribution in [0.25, 0.3) is 0 Å². The Labute approximate surface area is 181 Å². The molecule has 3 rings (SSSR count). The molecule has 1 aliphatic heterocycles. The SMILES string of the molecule is CC(C)(C)c1ccc(OCC(=O)NCCCN2CCN(c3ccccc3)CC2)cc1. The Morgan fingerprint density at radius 2 is 1.63 bits per heavy atom. The molecule has 1 saturated heterocycles. The average Bonchev–Trinajstić information content (AvgIpc) is 2.76. The van der Waals surface area contributed by atoms with Crippen molar-refractivity contribution in [2.75, 3.05) is 50.8 Å². The maximum atomic E-state index is 12.0. The Bertz CT molecular complexity index is 776. The molecule has 5 heteroatoms. The zero-order valence-corrected chi connectivity index (χ0v) is 18.6. The third-order valence-electron chi connectivity index (χ3n) is 5.56. The van der Waals surface area contributed by atoms with Crippen molar-refractivity contribution < 1.29 is 9.53 Å². The van der Waals surface area contributed by atoms with Crippen molar-refractivity contribution in [2.45, 2.75) is 32.6 Å². The molecule has 30 heavy (non-hydrogen) atoms. The fourth-order valence-electron chi connectivity index (χ4n) is 3.65. The van der Waals surface area contributed by atoms with Gasteiger partial charge in [-0.05, 0) is 48.2 Å². The van der Waals surface area contributed by atoms with E-state index in [0.717, 1.165) is 44.9 Å². The van der Waals surface area contributed by atoms with Gasteiger partial charge >= 0.3 is 0 Å². The molecular formula is C25H35N3O2. The molecule has 0 bridgehead atoms. The summed E-state index contributed by atoms with van der Waals surface area (Å²) in [5.74, 6) is 0.665. The van der Waals surface area contributed by atoms with Crippen LogP contribution in [0.15, 0.2) is 54.6 Å². The highest BCUT2D eigenvalue weighted by molar-refractivity contribution is 5.77. The molecule has 0 aliphatic carbocycles. The van der Waals surface area contributed by atoms with E-state index >= 15 is 0 Å². The van der Waals surface area contributed by atoms with Crippen LogP contribution in [0.2, 0.25) is 0 Å². The zero-order valence-electron chi connectivity index (χ0n) is 18.6. The second-order valence-electron chi connectivity index (χ2n) is 8.93. The van der Waals surface area contributed by atoms with Crippen molar-refractivity contribution >= 4 is 11.6 Å². The van der Waals surface area contributed by atoms with Crippen LogP contribution in [0.5, 0.6) is 5.75 Å². The minimum atomic E-state index is -0.0659. The number of amides is 1. The van der Waals surface area contributed by atoms with E-state index in [-0.39, 0.29) is 17.9 Å². The standard InChI is InChI=1S/C25H35N3O2/c1-25(2,3)21-10-12-23(13-11-21)30-20-24(29)26-14-7-15-27-16-18-28(19-17-27)22-8-5-4-6-9-22/h4-6,8-13H,7,14-20H2,1-3H3,(H,26,29). The summed E-state index contributed by atoms with van der Waals surface area (Å²) in [5, 5.41) is 2.96. The van der Waals surface area contributed by atoms with Gasteiger partial charge in [-0.25, -0.2) is 0 Å². The first-order chi connectivity index (χ1) is 14.4. The molecule has 0 saturated carbocycles. The van der Waals surface area contributed by atoms with E-state index in [2.05, 4.69) is 78.4 Å². The van der Waals surface area contributed by atoms with Gasteiger partial charge in [0.05, 0.1) is 0 Å². The predicted octanol–water partition coefficient (Wildman–Crippen LogP) is 3.69. The molecule has 1 aliphatic rings. The topological polar surface area (TPSA) is 44.8 Å². The third-order valence-corrected chi connectivity index (χ3v) is 5.56. The van der Waals surface area contributed by atoms with Crippen molar-refractivity contribution in [3.8, 4) is 5.75 Å². The van der Waals surface area contributed by atoms with Gasteiger partial charge < -0.3 is 15.0 Å².